The Morgan fingerprint density at radius 1 is 0.400 bits per heavy atom. The summed E-state index contributed by atoms with van der Waals surface area (Å²) in [5.41, 5.74) is 3.49. The highest BCUT2D eigenvalue weighted by Gasteiger charge is 1.90. The zero-order valence-electron chi connectivity index (χ0n) is 11.2. The van der Waals surface area contributed by atoms with Crippen molar-refractivity contribution in [3.05, 3.63) is 70.8 Å². The average molecular weight is 276 g/mol. The van der Waals surface area contributed by atoms with Crippen LogP contribution in [-0.2, 0) is 26.4 Å². The first kappa shape index (κ1) is 16.3. The maximum atomic E-state index is 8.64. The molecule has 0 radical (unpaired) electrons. The zero-order valence-corrected chi connectivity index (χ0v) is 11.2. The van der Waals surface area contributed by atoms with Crippen LogP contribution in [0.25, 0.3) is 0 Å². The minimum atomic E-state index is 0.0612. The van der Waals surface area contributed by atoms with E-state index in [-0.39, 0.29) is 26.4 Å². The molecular formula is C16H20O4. The Kier molecular flexibility index (Phi) is 7.54. The second kappa shape index (κ2) is 9.23. The highest BCUT2D eigenvalue weighted by atomic mass is 16.3. The van der Waals surface area contributed by atoms with E-state index < -0.39 is 0 Å². The molecule has 2 rings (SSSR count). The summed E-state index contributed by atoms with van der Waals surface area (Å²) in [6.45, 7) is 0.245. The van der Waals surface area contributed by atoms with Gasteiger partial charge >= 0.3 is 0 Å². The Bertz CT molecular complexity index is 383. The fourth-order valence-electron chi connectivity index (χ4n) is 1.50. The van der Waals surface area contributed by atoms with Crippen LogP contribution in [-0.4, -0.2) is 20.4 Å². The second-order valence-corrected chi connectivity index (χ2v) is 4.27. The lowest BCUT2D eigenvalue weighted by molar-refractivity contribution is 0.278. The lowest BCUT2D eigenvalue weighted by Gasteiger charge is -1.96. The van der Waals surface area contributed by atoms with Crippen molar-refractivity contribution in [2.45, 2.75) is 26.4 Å². The van der Waals surface area contributed by atoms with E-state index in [1.165, 1.54) is 0 Å². The largest absolute Gasteiger partial charge is 0.392 e. The first-order chi connectivity index (χ1) is 9.73. The van der Waals surface area contributed by atoms with Crippen LogP contribution in [0.1, 0.15) is 22.3 Å². The monoisotopic (exact) mass is 276 g/mol. The van der Waals surface area contributed by atoms with Crippen molar-refractivity contribution >= 4 is 0 Å². The van der Waals surface area contributed by atoms with Crippen molar-refractivity contribution in [1.29, 1.82) is 0 Å². The maximum Gasteiger partial charge on any atom is 0.0681 e. The lowest BCUT2D eigenvalue weighted by Crippen LogP contribution is -1.85. The van der Waals surface area contributed by atoms with Gasteiger partial charge < -0.3 is 20.4 Å². The quantitative estimate of drug-likeness (QED) is 0.679. The van der Waals surface area contributed by atoms with Crippen molar-refractivity contribution in [2.24, 2.45) is 0 Å². The summed E-state index contributed by atoms with van der Waals surface area (Å²) >= 11 is 0. The van der Waals surface area contributed by atoms with Gasteiger partial charge in [0.2, 0.25) is 0 Å². The molecule has 0 atom stereocenters. The number of hydrogen-bond acceptors (Lipinski definition) is 4. The predicted octanol–water partition coefficient (Wildman–Crippen LogP) is 1.34. The van der Waals surface area contributed by atoms with Gasteiger partial charge in [0, 0.05) is 0 Å². The lowest BCUT2D eigenvalue weighted by atomic mass is 10.1. The fourth-order valence-corrected chi connectivity index (χ4v) is 1.50. The van der Waals surface area contributed by atoms with Gasteiger partial charge in [0.1, 0.15) is 0 Å². The van der Waals surface area contributed by atoms with E-state index in [0.29, 0.717) is 0 Å². The van der Waals surface area contributed by atoms with Crippen molar-refractivity contribution in [1.82, 2.24) is 0 Å². The van der Waals surface area contributed by atoms with Gasteiger partial charge in [-0.1, -0.05) is 48.5 Å². The molecule has 0 aliphatic rings. The highest BCUT2D eigenvalue weighted by Crippen LogP contribution is 2.04. The summed E-state index contributed by atoms with van der Waals surface area (Å²) in [6.07, 6.45) is 0. The van der Waals surface area contributed by atoms with Crippen molar-refractivity contribution in [3.8, 4) is 0 Å². The summed E-state index contributed by atoms with van der Waals surface area (Å²) in [5, 5.41) is 34.6. The third-order valence-corrected chi connectivity index (χ3v) is 2.78. The van der Waals surface area contributed by atoms with Crippen molar-refractivity contribution in [2.75, 3.05) is 0 Å². The fraction of sp³-hybridized carbons (Fsp3) is 0.250. The topological polar surface area (TPSA) is 80.9 Å². The predicted molar refractivity (Wildman–Crippen MR) is 76.6 cm³/mol. The van der Waals surface area contributed by atoms with Gasteiger partial charge in [-0.05, 0) is 22.3 Å². The van der Waals surface area contributed by atoms with Gasteiger partial charge in [-0.15, -0.1) is 0 Å². The molecule has 2 aromatic carbocycles. The van der Waals surface area contributed by atoms with Gasteiger partial charge in [-0.2, -0.15) is 0 Å². The maximum absolute atomic E-state index is 8.64. The molecular weight excluding hydrogens is 256 g/mol. The molecule has 0 spiro atoms. The Morgan fingerprint density at radius 2 is 0.550 bits per heavy atom. The molecule has 0 fully saturated rings. The zero-order chi connectivity index (χ0) is 14.8. The van der Waals surface area contributed by atoms with E-state index in [9.17, 15) is 0 Å². The number of benzene rings is 2. The molecule has 4 N–H and O–H groups in total. The van der Waals surface area contributed by atoms with Crippen LogP contribution < -0.4 is 0 Å². The molecule has 0 aromatic heterocycles. The summed E-state index contributed by atoms with van der Waals surface area (Å²) < 4.78 is 0. The molecule has 0 heterocycles. The molecule has 0 amide bonds. The van der Waals surface area contributed by atoms with Crippen LogP contribution in [0.5, 0.6) is 0 Å². The molecule has 4 nitrogen and oxygen atoms in total. The Morgan fingerprint density at radius 3 is 0.650 bits per heavy atom. The van der Waals surface area contributed by atoms with Crippen LogP contribution in [0.4, 0.5) is 0 Å². The summed E-state index contributed by atoms with van der Waals surface area (Å²) in [6, 6.07) is 14.4. The Hall–Kier alpha value is -1.72. The minimum Gasteiger partial charge on any atom is -0.392 e. The van der Waals surface area contributed by atoms with Gasteiger partial charge in [-0.3, -0.25) is 0 Å². The SMILES string of the molecule is OCc1ccc(CO)cc1.OCc1ccc(CO)cc1. The molecule has 0 aliphatic carbocycles. The average Bonchev–Trinajstić information content (AvgIpc) is 2.55. The molecule has 20 heavy (non-hydrogen) atoms. The molecule has 108 valence electrons. The van der Waals surface area contributed by atoms with Gasteiger partial charge in [0.15, 0.2) is 0 Å². The highest BCUT2D eigenvalue weighted by molar-refractivity contribution is 5.21. The summed E-state index contributed by atoms with van der Waals surface area (Å²) in [5.74, 6) is 0. The van der Waals surface area contributed by atoms with E-state index in [4.69, 9.17) is 20.4 Å². The first-order valence-electron chi connectivity index (χ1n) is 6.32. The van der Waals surface area contributed by atoms with Crippen LogP contribution in [0, 0.1) is 0 Å². The van der Waals surface area contributed by atoms with E-state index >= 15 is 0 Å². The van der Waals surface area contributed by atoms with Crippen LogP contribution >= 0.6 is 0 Å². The number of aliphatic hydroxyl groups is 4. The molecule has 2 aromatic rings. The van der Waals surface area contributed by atoms with E-state index in [0.717, 1.165) is 22.3 Å². The first-order valence-corrected chi connectivity index (χ1v) is 6.32. The normalized spacial score (nSPS) is 9.80. The standard InChI is InChI=1S/2C8H10O2/c2*9-5-7-1-2-8(6-10)4-3-7/h2*1-4,9-10H,5-6H2. The number of hydrogen-bond donors (Lipinski definition) is 4. The Labute approximate surface area is 118 Å². The molecule has 0 saturated carbocycles. The van der Waals surface area contributed by atoms with E-state index in [1.54, 1.807) is 48.5 Å². The molecule has 4 heteroatoms. The van der Waals surface area contributed by atoms with Crippen LogP contribution in [0.2, 0.25) is 0 Å². The van der Waals surface area contributed by atoms with Crippen molar-refractivity contribution < 1.29 is 20.4 Å². The van der Waals surface area contributed by atoms with Crippen molar-refractivity contribution in [3.63, 3.8) is 0 Å². The summed E-state index contributed by atoms with van der Waals surface area (Å²) in [7, 11) is 0. The smallest absolute Gasteiger partial charge is 0.0681 e. The molecule has 0 aliphatic heterocycles. The van der Waals surface area contributed by atoms with Gasteiger partial charge in [0.05, 0.1) is 26.4 Å². The van der Waals surface area contributed by atoms with E-state index in [2.05, 4.69) is 0 Å². The second-order valence-electron chi connectivity index (χ2n) is 4.27. The van der Waals surface area contributed by atoms with E-state index in [1.807, 2.05) is 0 Å². The molecule has 0 bridgehead atoms. The van der Waals surface area contributed by atoms with Crippen LogP contribution in [0.15, 0.2) is 48.5 Å². The number of aliphatic hydroxyl groups excluding tert-OH is 4. The van der Waals surface area contributed by atoms with Gasteiger partial charge in [0.25, 0.3) is 0 Å². The third-order valence-electron chi connectivity index (χ3n) is 2.78. The Balaban J connectivity index is 0.000000200. The minimum absolute atomic E-state index is 0.0612. The van der Waals surface area contributed by atoms with Gasteiger partial charge in [-0.25, -0.2) is 0 Å². The molecule has 0 unspecified atom stereocenters. The number of rotatable bonds is 4. The molecule has 0 saturated heterocycles. The van der Waals surface area contributed by atoms with Crippen LogP contribution in [0.3, 0.4) is 0 Å². The third kappa shape index (κ3) is 5.50. The summed E-state index contributed by atoms with van der Waals surface area (Å²) in [4.78, 5) is 0.